The number of fused-ring (bicyclic) bond motifs is 1. The van der Waals surface area contributed by atoms with Crippen molar-refractivity contribution in [3.8, 4) is 10.6 Å². The highest BCUT2D eigenvalue weighted by molar-refractivity contribution is 7.21. The molecule has 4 rings (SSSR count). The number of aromatic nitrogens is 2. The van der Waals surface area contributed by atoms with E-state index >= 15 is 0 Å². The number of hydrogen-bond donors (Lipinski definition) is 0. The van der Waals surface area contributed by atoms with E-state index in [1.807, 2.05) is 12.3 Å². The van der Waals surface area contributed by atoms with Gasteiger partial charge in [-0.15, -0.1) is 11.3 Å². The molecule has 3 nitrogen and oxygen atoms in total. The van der Waals surface area contributed by atoms with Crippen LogP contribution in [0.25, 0.3) is 20.8 Å². The van der Waals surface area contributed by atoms with Crippen molar-refractivity contribution < 1.29 is 0 Å². The summed E-state index contributed by atoms with van der Waals surface area (Å²) < 4.78 is 1.22. The monoisotopic (exact) mass is 307 g/mol. The first-order valence-corrected chi connectivity index (χ1v) is 8.46. The number of nitrogens with zero attached hydrogens (tertiary/aromatic N) is 3. The third kappa shape index (κ3) is 2.55. The number of rotatable bonds is 2. The molecule has 1 aromatic carbocycles. The first kappa shape index (κ1) is 13.6. The average Bonchev–Trinajstić information content (AvgIpc) is 2.99. The lowest BCUT2D eigenvalue weighted by Gasteiger charge is -2.17. The Morgan fingerprint density at radius 1 is 1.18 bits per heavy atom. The molecule has 0 N–H and O–H groups in total. The number of benzene rings is 1. The molecule has 4 heteroatoms. The Bertz CT molecular complexity index is 836. The lowest BCUT2D eigenvalue weighted by atomic mass is 9.96. The molecular formula is C18H17N3S. The zero-order valence-electron chi connectivity index (χ0n) is 12.5. The van der Waals surface area contributed by atoms with Crippen LogP contribution in [0.1, 0.15) is 25.3 Å². The van der Waals surface area contributed by atoms with Crippen molar-refractivity contribution in [1.82, 2.24) is 9.97 Å². The number of thiazole rings is 1. The van der Waals surface area contributed by atoms with Crippen molar-refractivity contribution in [1.29, 1.82) is 0 Å². The molecule has 3 heterocycles. The fourth-order valence-corrected chi connectivity index (χ4v) is 3.71. The third-order valence-corrected chi connectivity index (χ3v) is 5.18. The molecule has 0 spiro atoms. The molecule has 0 aliphatic carbocycles. The van der Waals surface area contributed by atoms with Gasteiger partial charge in [-0.25, -0.2) is 4.98 Å². The predicted molar refractivity (Wildman–Crippen MR) is 92.7 cm³/mol. The molecule has 110 valence electrons. The molecule has 0 radical (unpaired) electrons. The number of aliphatic imine (C=N–C) groups is 1. The van der Waals surface area contributed by atoms with Gasteiger partial charge in [0, 0.05) is 30.2 Å². The molecule has 0 saturated carbocycles. The molecule has 0 unspecified atom stereocenters. The zero-order valence-corrected chi connectivity index (χ0v) is 13.3. The van der Waals surface area contributed by atoms with Gasteiger partial charge in [-0.3, -0.25) is 9.98 Å². The lowest BCUT2D eigenvalue weighted by Crippen LogP contribution is -2.14. The maximum Gasteiger partial charge on any atom is 0.126 e. The van der Waals surface area contributed by atoms with Gasteiger partial charge in [0.2, 0.25) is 0 Å². The highest BCUT2D eigenvalue weighted by Gasteiger charge is 2.14. The second kappa shape index (κ2) is 5.61. The first-order chi connectivity index (χ1) is 10.8. The van der Waals surface area contributed by atoms with Crippen molar-refractivity contribution in [2.75, 3.05) is 6.54 Å². The van der Waals surface area contributed by atoms with Gasteiger partial charge in [-0.1, -0.05) is 13.0 Å². The van der Waals surface area contributed by atoms with Crippen LogP contribution in [0.15, 0.2) is 47.7 Å². The van der Waals surface area contributed by atoms with E-state index in [1.54, 1.807) is 17.5 Å². The summed E-state index contributed by atoms with van der Waals surface area (Å²) in [6.07, 6.45) is 5.96. The smallest absolute Gasteiger partial charge is 0.126 e. The summed E-state index contributed by atoms with van der Waals surface area (Å²) in [5, 5.41) is 1.03. The largest absolute Gasteiger partial charge is 0.289 e. The van der Waals surface area contributed by atoms with Gasteiger partial charge in [0.1, 0.15) is 5.01 Å². The van der Waals surface area contributed by atoms with Crippen LogP contribution < -0.4 is 0 Å². The van der Waals surface area contributed by atoms with Crippen molar-refractivity contribution in [2.24, 2.45) is 10.9 Å². The summed E-state index contributed by atoms with van der Waals surface area (Å²) in [4.78, 5) is 13.7. The summed E-state index contributed by atoms with van der Waals surface area (Å²) in [5.74, 6) is 0.712. The summed E-state index contributed by atoms with van der Waals surface area (Å²) >= 11 is 1.72. The van der Waals surface area contributed by atoms with Gasteiger partial charge in [0.25, 0.3) is 0 Å². The Labute approximate surface area is 133 Å². The second-order valence-electron chi connectivity index (χ2n) is 5.87. The first-order valence-electron chi connectivity index (χ1n) is 7.64. The predicted octanol–water partition coefficient (Wildman–Crippen LogP) is 4.58. The quantitative estimate of drug-likeness (QED) is 0.695. The Morgan fingerprint density at radius 3 is 2.91 bits per heavy atom. The van der Waals surface area contributed by atoms with Crippen LogP contribution in [-0.4, -0.2) is 22.2 Å². The lowest BCUT2D eigenvalue weighted by molar-refractivity contribution is 0.538. The summed E-state index contributed by atoms with van der Waals surface area (Å²) in [5.41, 5.74) is 4.59. The minimum Gasteiger partial charge on any atom is -0.289 e. The Hall–Kier alpha value is -2.07. The van der Waals surface area contributed by atoms with Crippen LogP contribution in [-0.2, 0) is 0 Å². The zero-order chi connectivity index (χ0) is 14.9. The number of pyridine rings is 1. The van der Waals surface area contributed by atoms with Crippen LogP contribution in [0.2, 0.25) is 0 Å². The fourth-order valence-electron chi connectivity index (χ4n) is 2.77. The van der Waals surface area contributed by atoms with E-state index in [4.69, 9.17) is 9.98 Å². The highest BCUT2D eigenvalue weighted by atomic mass is 32.1. The summed E-state index contributed by atoms with van der Waals surface area (Å²) in [6, 6.07) is 10.5. The summed E-state index contributed by atoms with van der Waals surface area (Å²) in [7, 11) is 0. The molecule has 1 aliphatic rings. The Kier molecular flexibility index (Phi) is 3.47. The minimum absolute atomic E-state index is 0.712. The molecule has 3 aromatic rings. The van der Waals surface area contributed by atoms with Crippen molar-refractivity contribution in [3.05, 3.63) is 48.3 Å². The van der Waals surface area contributed by atoms with Gasteiger partial charge in [0.15, 0.2) is 0 Å². The standard InChI is InChI=1S/C18H17N3S/c1-12-4-6-15(20-10-12)13-5-7-17-16(9-13)21-18(22-17)14-3-2-8-19-11-14/h2-3,5,7-9,11-12H,4,6,10H2,1H3/t12-/m0/s1. The SMILES string of the molecule is C[C@H]1CCC(c2ccc3sc(-c4cccnc4)nc3c2)=NC1. The average molecular weight is 307 g/mol. The van der Waals surface area contributed by atoms with Crippen LogP contribution in [0, 0.1) is 5.92 Å². The second-order valence-corrected chi connectivity index (χ2v) is 6.91. The normalized spacial score (nSPS) is 18.4. The highest BCUT2D eigenvalue weighted by Crippen LogP contribution is 2.31. The van der Waals surface area contributed by atoms with Gasteiger partial charge in [-0.2, -0.15) is 0 Å². The van der Waals surface area contributed by atoms with Crippen molar-refractivity contribution in [3.63, 3.8) is 0 Å². The molecule has 1 atom stereocenters. The van der Waals surface area contributed by atoms with Gasteiger partial charge < -0.3 is 0 Å². The molecule has 2 aromatic heterocycles. The topological polar surface area (TPSA) is 38.1 Å². The maximum atomic E-state index is 4.78. The van der Waals surface area contributed by atoms with E-state index in [1.165, 1.54) is 22.4 Å². The van der Waals surface area contributed by atoms with Crippen molar-refractivity contribution in [2.45, 2.75) is 19.8 Å². The van der Waals surface area contributed by atoms with Gasteiger partial charge >= 0.3 is 0 Å². The van der Waals surface area contributed by atoms with Crippen molar-refractivity contribution >= 4 is 27.3 Å². The summed E-state index contributed by atoms with van der Waals surface area (Å²) in [6.45, 7) is 3.22. The van der Waals surface area contributed by atoms with Crippen LogP contribution >= 0.6 is 11.3 Å². The van der Waals surface area contributed by atoms with E-state index in [0.29, 0.717) is 5.92 Å². The third-order valence-electron chi connectivity index (χ3n) is 4.10. The minimum atomic E-state index is 0.712. The molecular weight excluding hydrogens is 290 g/mol. The van der Waals surface area contributed by atoms with E-state index in [0.717, 1.165) is 29.1 Å². The molecule has 0 bridgehead atoms. The molecule has 22 heavy (non-hydrogen) atoms. The number of hydrogen-bond acceptors (Lipinski definition) is 4. The molecule has 0 saturated heterocycles. The van der Waals surface area contributed by atoms with E-state index in [9.17, 15) is 0 Å². The molecule has 1 aliphatic heterocycles. The van der Waals surface area contributed by atoms with Crippen LogP contribution in [0.3, 0.4) is 0 Å². The van der Waals surface area contributed by atoms with Crippen LogP contribution in [0.5, 0.6) is 0 Å². The molecule has 0 fully saturated rings. The van der Waals surface area contributed by atoms with Gasteiger partial charge in [-0.05, 0) is 48.6 Å². The fraction of sp³-hybridized carbons (Fsp3) is 0.278. The van der Waals surface area contributed by atoms with E-state index in [-0.39, 0.29) is 0 Å². The Balaban J connectivity index is 1.72. The van der Waals surface area contributed by atoms with E-state index < -0.39 is 0 Å². The Morgan fingerprint density at radius 2 is 2.14 bits per heavy atom. The van der Waals surface area contributed by atoms with Gasteiger partial charge in [0.05, 0.1) is 10.2 Å². The van der Waals surface area contributed by atoms with Crippen LogP contribution in [0.4, 0.5) is 0 Å². The maximum absolute atomic E-state index is 4.78. The molecule has 0 amide bonds. The van der Waals surface area contributed by atoms with E-state index in [2.05, 4.69) is 36.2 Å².